The fourth-order valence-electron chi connectivity index (χ4n) is 3.23. The zero-order valence-corrected chi connectivity index (χ0v) is 15.1. The Bertz CT molecular complexity index is 642. The molecule has 1 saturated carbocycles. The van der Waals surface area contributed by atoms with E-state index in [0.717, 1.165) is 12.0 Å². The number of aromatic hydroxyl groups is 1. The number of piperazine rings is 1. The van der Waals surface area contributed by atoms with Gasteiger partial charge in [-0.15, -0.1) is 0 Å². The molecule has 2 unspecified atom stereocenters. The Balaban J connectivity index is 1.49. The summed E-state index contributed by atoms with van der Waals surface area (Å²) in [5.41, 5.74) is 0.596. The van der Waals surface area contributed by atoms with Crippen LogP contribution in [0.1, 0.15) is 38.7 Å². The molecule has 2 atom stereocenters. The maximum absolute atomic E-state index is 12.7. The van der Waals surface area contributed by atoms with E-state index in [4.69, 9.17) is 4.74 Å². The lowest BCUT2D eigenvalue weighted by Gasteiger charge is -2.35. The molecule has 3 rings (SSSR count). The Hall–Kier alpha value is -2.24. The summed E-state index contributed by atoms with van der Waals surface area (Å²) in [6, 6.07) is 7.09. The maximum atomic E-state index is 12.7. The molecule has 1 aliphatic heterocycles. The Labute approximate surface area is 148 Å². The van der Waals surface area contributed by atoms with Gasteiger partial charge in [-0.05, 0) is 50.8 Å². The van der Waals surface area contributed by atoms with Crippen molar-refractivity contribution < 1.29 is 19.4 Å². The quantitative estimate of drug-likeness (QED) is 0.893. The fraction of sp³-hybridized carbons (Fsp3) is 0.579. The Morgan fingerprint density at radius 3 is 2.16 bits per heavy atom. The molecular formula is C19H26N2O4. The average Bonchev–Trinajstić information content (AvgIpc) is 3.34. The van der Waals surface area contributed by atoms with Crippen LogP contribution >= 0.6 is 0 Å². The third-order valence-electron chi connectivity index (χ3n) is 4.67. The highest BCUT2D eigenvalue weighted by atomic mass is 16.6. The number of phenolic OH excluding ortho intramolecular Hbond substituents is 1. The van der Waals surface area contributed by atoms with Crippen molar-refractivity contribution in [1.82, 2.24) is 9.80 Å². The monoisotopic (exact) mass is 346 g/mol. The fourth-order valence-corrected chi connectivity index (χ4v) is 3.23. The summed E-state index contributed by atoms with van der Waals surface area (Å²) in [6.07, 6.45) is 0.545. The second kappa shape index (κ2) is 6.58. The molecule has 136 valence electrons. The predicted octanol–water partition coefficient (Wildman–Crippen LogP) is 2.58. The van der Waals surface area contributed by atoms with Crippen LogP contribution in [0.15, 0.2) is 24.3 Å². The van der Waals surface area contributed by atoms with Crippen molar-refractivity contribution in [3.8, 4) is 5.75 Å². The van der Waals surface area contributed by atoms with Gasteiger partial charge in [-0.1, -0.05) is 12.1 Å². The van der Waals surface area contributed by atoms with Crippen molar-refractivity contribution in [3.63, 3.8) is 0 Å². The first-order chi connectivity index (χ1) is 11.7. The summed E-state index contributed by atoms with van der Waals surface area (Å²) in [5.74, 6) is 0.682. The van der Waals surface area contributed by atoms with Crippen molar-refractivity contribution in [2.75, 3.05) is 26.2 Å². The number of phenols is 1. The molecule has 1 aromatic rings. The SMILES string of the molecule is CC(C)(C)OC(=O)N1CCN(C(=O)C2CC2c2ccc(O)cc2)CC1. The number of amides is 2. The molecule has 2 aliphatic rings. The van der Waals surface area contributed by atoms with Crippen molar-refractivity contribution in [2.45, 2.75) is 38.7 Å². The topological polar surface area (TPSA) is 70.1 Å². The van der Waals surface area contributed by atoms with E-state index in [1.165, 1.54) is 0 Å². The second-order valence-electron chi connectivity index (χ2n) is 7.83. The number of hydrogen-bond donors (Lipinski definition) is 1. The van der Waals surface area contributed by atoms with Crippen LogP contribution in [0.5, 0.6) is 5.75 Å². The summed E-state index contributed by atoms with van der Waals surface area (Å²) in [6.45, 7) is 7.67. The van der Waals surface area contributed by atoms with Crippen molar-refractivity contribution in [2.24, 2.45) is 5.92 Å². The van der Waals surface area contributed by atoms with Crippen LogP contribution in [0.4, 0.5) is 4.79 Å². The highest BCUT2D eigenvalue weighted by Gasteiger charge is 2.46. The van der Waals surface area contributed by atoms with Gasteiger partial charge in [0.2, 0.25) is 5.91 Å². The molecule has 25 heavy (non-hydrogen) atoms. The van der Waals surface area contributed by atoms with E-state index in [0.29, 0.717) is 26.2 Å². The van der Waals surface area contributed by atoms with Gasteiger partial charge in [-0.3, -0.25) is 4.79 Å². The molecule has 6 heteroatoms. The van der Waals surface area contributed by atoms with Gasteiger partial charge in [0.05, 0.1) is 0 Å². The van der Waals surface area contributed by atoms with Gasteiger partial charge in [0.1, 0.15) is 11.4 Å². The van der Waals surface area contributed by atoms with E-state index >= 15 is 0 Å². The minimum absolute atomic E-state index is 0.0256. The maximum Gasteiger partial charge on any atom is 0.410 e. The lowest BCUT2D eigenvalue weighted by molar-refractivity contribution is -0.134. The minimum Gasteiger partial charge on any atom is -0.508 e. The molecule has 0 spiro atoms. The largest absolute Gasteiger partial charge is 0.508 e. The van der Waals surface area contributed by atoms with Crippen LogP contribution in [0.3, 0.4) is 0 Å². The van der Waals surface area contributed by atoms with Crippen molar-refractivity contribution in [1.29, 1.82) is 0 Å². The molecule has 6 nitrogen and oxygen atoms in total. The lowest BCUT2D eigenvalue weighted by Crippen LogP contribution is -2.52. The highest BCUT2D eigenvalue weighted by molar-refractivity contribution is 5.83. The van der Waals surface area contributed by atoms with Gasteiger partial charge in [0.25, 0.3) is 0 Å². The molecule has 1 heterocycles. The lowest BCUT2D eigenvalue weighted by atomic mass is 10.1. The predicted molar refractivity (Wildman–Crippen MR) is 93.3 cm³/mol. The molecule has 2 amide bonds. The van der Waals surface area contributed by atoms with Crippen LogP contribution in [0.2, 0.25) is 0 Å². The van der Waals surface area contributed by atoms with Gasteiger partial charge in [0.15, 0.2) is 0 Å². The molecule has 2 fully saturated rings. The summed E-state index contributed by atoms with van der Waals surface area (Å²) >= 11 is 0. The second-order valence-corrected chi connectivity index (χ2v) is 7.83. The standard InChI is InChI=1S/C19H26N2O4/c1-19(2,3)25-18(24)21-10-8-20(9-11-21)17(23)16-12-15(16)13-4-6-14(22)7-5-13/h4-7,15-16,22H,8-12H2,1-3H3. The van der Waals surface area contributed by atoms with Gasteiger partial charge < -0.3 is 19.6 Å². The third kappa shape index (κ3) is 4.24. The normalized spacial score (nSPS) is 23.3. The van der Waals surface area contributed by atoms with Crippen LogP contribution in [-0.4, -0.2) is 58.7 Å². The Morgan fingerprint density at radius 2 is 1.60 bits per heavy atom. The first-order valence-corrected chi connectivity index (χ1v) is 8.80. The van der Waals surface area contributed by atoms with Crippen LogP contribution in [0.25, 0.3) is 0 Å². The number of carbonyl (C=O) groups is 2. The molecule has 1 N–H and O–H groups in total. The molecule has 1 aromatic carbocycles. The van der Waals surface area contributed by atoms with Gasteiger partial charge >= 0.3 is 6.09 Å². The van der Waals surface area contributed by atoms with E-state index in [2.05, 4.69) is 0 Å². The van der Waals surface area contributed by atoms with Gasteiger partial charge in [0, 0.05) is 32.1 Å². The highest BCUT2D eigenvalue weighted by Crippen LogP contribution is 2.48. The minimum atomic E-state index is -0.505. The molecule has 0 radical (unpaired) electrons. The zero-order valence-electron chi connectivity index (χ0n) is 15.1. The first-order valence-electron chi connectivity index (χ1n) is 8.80. The Morgan fingerprint density at radius 1 is 1.04 bits per heavy atom. The molecule has 0 bridgehead atoms. The van der Waals surface area contributed by atoms with E-state index in [-0.39, 0.29) is 29.6 Å². The summed E-state index contributed by atoms with van der Waals surface area (Å²) < 4.78 is 5.38. The summed E-state index contributed by atoms with van der Waals surface area (Å²) in [7, 11) is 0. The number of rotatable bonds is 2. The van der Waals surface area contributed by atoms with Crippen molar-refractivity contribution >= 4 is 12.0 Å². The molecule has 1 aliphatic carbocycles. The molecule has 1 saturated heterocycles. The average molecular weight is 346 g/mol. The van der Waals surface area contributed by atoms with E-state index in [9.17, 15) is 14.7 Å². The van der Waals surface area contributed by atoms with Crippen LogP contribution < -0.4 is 0 Å². The van der Waals surface area contributed by atoms with E-state index in [1.54, 1.807) is 17.0 Å². The Kier molecular flexibility index (Phi) is 4.62. The number of ether oxygens (including phenoxy) is 1. The first kappa shape index (κ1) is 17.6. The number of carbonyl (C=O) groups excluding carboxylic acids is 2. The number of nitrogens with zero attached hydrogens (tertiary/aromatic N) is 2. The smallest absolute Gasteiger partial charge is 0.410 e. The molecular weight excluding hydrogens is 320 g/mol. The van der Waals surface area contributed by atoms with Crippen molar-refractivity contribution in [3.05, 3.63) is 29.8 Å². The van der Waals surface area contributed by atoms with Crippen LogP contribution in [-0.2, 0) is 9.53 Å². The van der Waals surface area contributed by atoms with Crippen LogP contribution in [0, 0.1) is 5.92 Å². The van der Waals surface area contributed by atoms with Gasteiger partial charge in [-0.2, -0.15) is 0 Å². The third-order valence-corrected chi connectivity index (χ3v) is 4.67. The van der Waals surface area contributed by atoms with E-state index in [1.807, 2.05) is 37.8 Å². The number of benzene rings is 1. The molecule has 0 aromatic heterocycles. The van der Waals surface area contributed by atoms with Gasteiger partial charge in [-0.25, -0.2) is 4.79 Å². The zero-order chi connectivity index (χ0) is 18.2. The summed E-state index contributed by atoms with van der Waals surface area (Å²) in [4.78, 5) is 28.3. The number of hydrogen-bond acceptors (Lipinski definition) is 4. The van der Waals surface area contributed by atoms with E-state index < -0.39 is 5.60 Å². The summed E-state index contributed by atoms with van der Waals surface area (Å²) in [5, 5.41) is 9.36.